The van der Waals surface area contributed by atoms with Crippen molar-refractivity contribution in [1.29, 1.82) is 0 Å². The average Bonchev–Trinajstić information content (AvgIpc) is 2.61. The number of amides is 1. The normalized spacial score (nSPS) is 20.8. The van der Waals surface area contributed by atoms with E-state index in [1.807, 2.05) is 36.1 Å². The molecule has 0 radical (unpaired) electrons. The second kappa shape index (κ2) is 7.73. The summed E-state index contributed by atoms with van der Waals surface area (Å²) in [5.41, 5.74) is 1.83. The molecule has 5 nitrogen and oxygen atoms in total. The van der Waals surface area contributed by atoms with Gasteiger partial charge in [-0.15, -0.1) is 0 Å². The summed E-state index contributed by atoms with van der Waals surface area (Å²) in [5, 5.41) is 0.676. The Labute approximate surface area is 146 Å². The Balaban J connectivity index is 1.64. The first-order chi connectivity index (χ1) is 11.6. The molecule has 2 heterocycles. The van der Waals surface area contributed by atoms with E-state index in [2.05, 4.69) is 9.97 Å². The zero-order chi connectivity index (χ0) is 16.9. The Morgan fingerprint density at radius 2 is 2.29 bits per heavy atom. The smallest absolute Gasteiger partial charge is 0.223 e. The zero-order valence-electron chi connectivity index (χ0n) is 13.6. The predicted octanol–water partition coefficient (Wildman–Crippen LogP) is 3.05. The molecule has 1 saturated heterocycles. The van der Waals surface area contributed by atoms with E-state index in [4.69, 9.17) is 16.3 Å². The molecule has 1 aromatic carbocycles. The quantitative estimate of drug-likeness (QED) is 0.854. The van der Waals surface area contributed by atoms with Gasteiger partial charge in [0.2, 0.25) is 5.91 Å². The number of aryl methyl sites for hydroxylation is 1. The molecule has 1 aromatic heterocycles. The van der Waals surface area contributed by atoms with E-state index in [1.54, 1.807) is 18.6 Å². The summed E-state index contributed by atoms with van der Waals surface area (Å²) in [6.45, 7) is 3.07. The van der Waals surface area contributed by atoms with Gasteiger partial charge in [0.1, 0.15) is 6.10 Å². The third kappa shape index (κ3) is 4.10. The third-order valence-electron chi connectivity index (χ3n) is 4.19. The summed E-state index contributed by atoms with van der Waals surface area (Å²) in [4.78, 5) is 22.8. The van der Waals surface area contributed by atoms with E-state index in [9.17, 15) is 4.79 Å². The highest BCUT2D eigenvalue weighted by atomic mass is 35.5. The number of nitrogens with zero attached hydrogens (tertiary/aromatic N) is 3. The lowest BCUT2D eigenvalue weighted by atomic mass is 10.1. The number of morpholine rings is 1. The molecule has 0 saturated carbocycles. The molecule has 0 spiro atoms. The maximum absolute atomic E-state index is 12.6. The summed E-state index contributed by atoms with van der Waals surface area (Å²) in [5.74, 6) is 0.114. The first-order valence-corrected chi connectivity index (χ1v) is 8.42. The van der Waals surface area contributed by atoms with Crippen LogP contribution in [0.1, 0.15) is 30.7 Å². The van der Waals surface area contributed by atoms with Crippen LogP contribution in [0.25, 0.3) is 0 Å². The van der Waals surface area contributed by atoms with Crippen LogP contribution in [0, 0.1) is 0 Å². The van der Waals surface area contributed by atoms with Crippen LogP contribution >= 0.6 is 11.6 Å². The minimum atomic E-state index is -0.139. The molecule has 0 unspecified atom stereocenters. The van der Waals surface area contributed by atoms with Gasteiger partial charge in [0, 0.05) is 30.0 Å². The van der Waals surface area contributed by atoms with Gasteiger partial charge >= 0.3 is 0 Å². The van der Waals surface area contributed by atoms with Gasteiger partial charge in [-0.25, -0.2) is 0 Å². The fraction of sp³-hybridized carbons (Fsp3) is 0.389. The lowest BCUT2D eigenvalue weighted by molar-refractivity contribution is -0.144. The molecule has 0 aliphatic carbocycles. The van der Waals surface area contributed by atoms with Gasteiger partial charge in [0.25, 0.3) is 0 Å². The van der Waals surface area contributed by atoms with E-state index in [1.165, 1.54) is 0 Å². The van der Waals surface area contributed by atoms with Gasteiger partial charge in [0.05, 0.1) is 24.9 Å². The molecule has 1 aliphatic heterocycles. The van der Waals surface area contributed by atoms with Crippen LogP contribution in [-0.4, -0.2) is 40.0 Å². The molecule has 0 bridgehead atoms. The second-order valence-corrected chi connectivity index (χ2v) is 6.41. The van der Waals surface area contributed by atoms with E-state index in [0.29, 0.717) is 31.0 Å². The fourth-order valence-corrected chi connectivity index (χ4v) is 3.05. The Kier molecular flexibility index (Phi) is 5.43. The minimum absolute atomic E-state index is 0.0646. The zero-order valence-corrected chi connectivity index (χ0v) is 14.3. The highest BCUT2D eigenvalue weighted by Gasteiger charge is 2.30. The molecule has 2 aromatic rings. The number of carbonyl (C=O) groups excluding carboxylic acids is 1. The van der Waals surface area contributed by atoms with E-state index < -0.39 is 0 Å². The summed E-state index contributed by atoms with van der Waals surface area (Å²) in [6.07, 6.45) is 5.85. The van der Waals surface area contributed by atoms with Crippen LogP contribution in [0.5, 0.6) is 0 Å². The minimum Gasteiger partial charge on any atom is -0.370 e. The van der Waals surface area contributed by atoms with Crippen LogP contribution in [0.15, 0.2) is 42.9 Å². The van der Waals surface area contributed by atoms with Crippen LogP contribution < -0.4 is 0 Å². The average molecular weight is 346 g/mol. The highest BCUT2D eigenvalue weighted by molar-refractivity contribution is 6.30. The number of hydrogen-bond donors (Lipinski definition) is 0. The second-order valence-electron chi connectivity index (χ2n) is 5.97. The van der Waals surface area contributed by atoms with Crippen LogP contribution in [0.2, 0.25) is 5.02 Å². The van der Waals surface area contributed by atoms with Crippen LogP contribution in [0.4, 0.5) is 0 Å². The monoisotopic (exact) mass is 345 g/mol. The lowest BCUT2D eigenvalue weighted by Crippen LogP contribution is -2.48. The van der Waals surface area contributed by atoms with Crippen molar-refractivity contribution in [3.63, 3.8) is 0 Å². The molecule has 0 N–H and O–H groups in total. The Bertz CT molecular complexity index is 696. The number of benzene rings is 1. The number of ether oxygens (including phenoxy) is 1. The number of hydrogen-bond acceptors (Lipinski definition) is 4. The predicted molar refractivity (Wildman–Crippen MR) is 91.7 cm³/mol. The van der Waals surface area contributed by atoms with Gasteiger partial charge in [-0.3, -0.25) is 14.8 Å². The van der Waals surface area contributed by atoms with Crippen LogP contribution in [0.3, 0.4) is 0 Å². The van der Waals surface area contributed by atoms with Gasteiger partial charge in [0.15, 0.2) is 0 Å². The van der Waals surface area contributed by atoms with Gasteiger partial charge < -0.3 is 9.64 Å². The maximum Gasteiger partial charge on any atom is 0.223 e. The molecular formula is C18H20ClN3O2. The Morgan fingerprint density at radius 1 is 1.42 bits per heavy atom. The summed E-state index contributed by atoms with van der Waals surface area (Å²) in [6, 6.07) is 7.67. The molecule has 126 valence electrons. The van der Waals surface area contributed by atoms with E-state index in [0.717, 1.165) is 11.3 Å². The van der Waals surface area contributed by atoms with E-state index >= 15 is 0 Å². The standard InChI is InChI=1S/C18H20ClN3O2/c1-13-12-24-17(14-3-2-4-15(19)9-14)11-22(13)18(23)6-5-16-10-20-7-8-21-16/h2-4,7-10,13,17H,5-6,11-12H2,1H3/t13-,17-/m1/s1. The number of halogens is 1. The number of aromatic nitrogens is 2. The SMILES string of the molecule is C[C@@H]1CO[C@@H](c2cccc(Cl)c2)CN1C(=O)CCc1cnccn1. The molecule has 1 amide bonds. The van der Waals surface area contributed by atoms with Crippen molar-refractivity contribution in [2.75, 3.05) is 13.2 Å². The van der Waals surface area contributed by atoms with Crippen molar-refractivity contribution >= 4 is 17.5 Å². The van der Waals surface area contributed by atoms with Crippen molar-refractivity contribution < 1.29 is 9.53 Å². The maximum atomic E-state index is 12.6. The van der Waals surface area contributed by atoms with Crippen molar-refractivity contribution in [3.8, 4) is 0 Å². The Morgan fingerprint density at radius 3 is 3.04 bits per heavy atom. The molecular weight excluding hydrogens is 326 g/mol. The number of rotatable bonds is 4. The summed E-state index contributed by atoms with van der Waals surface area (Å²) < 4.78 is 5.90. The van der Waals surface area contributed by atoms with Crippen molar-refractivity contribution in [3.05, 3.63) is 59.1 Å². The van der Waals surface area contributed by atoms with Gasteiger partial charge in [-0.05, 0) is 31.0 Å². The Hall–Kier alpha value is -1.98. The van der Waals surface area contributed by atoms with E-state index in [-0.39, 0.29) is 18.1 Å². The van der Waals surface area contributed by atoms with Crippen molar-refractivity contribution in [2.45, 2.75) is 31.9 Å². The molecule has 1 aliphatic rings. The first-order valence-electron chi connectivity index (χ1n) is 8.05. The molecule has 3 rings (SSSR count). The summed E-state index contributed by atoms with van der Waals surface area (Å²) >= 11 is 6.06. The van der Waals surface area contributed by atoms with Crippen LogP contribution in [-0.2, 0) is 16.0 Å². The first kappa shape index (κ1) is 16.9. The molecule has 6 heteroatoms. The third-order valence-corrected chi connectivity index (χ3v) is 4.42. The topological polar surface area (TPSA) is 55.3 Å². The fourth-order valence-electron chi connectivity index (χ4n) is 2.85. The molecule has 24 heavy (non-hydrogen) atoms. The summed E-state index contributed by atoms with van der Waals surface area (Å²) in [7, 11) is 0. The van der Waals surface area contributed by atoms with Gasteiger partial charge in [-0.2, -0.15) is 0 Å². The van der Waals surface area contributed by atoms with Crippen molar-refractivity contribution in [2.24, 2.45) is 0 Å². The number of carbonyl (C=O) groups is 1. The highest BCUT2D eigenvalue weighted by Crippen LogP contribution is 2.27. The van der Waals surface area contributed by atoms with Crippen molar-refractivity contribution in [1.82, 2.24) is 14.9 Å². The molecule has 2 atom stereocenters. The largest absolute Gasteiger partial charge is 0.370 e. The molecule has 1 fully saturated rings. The van der Waals surface area contributed by atoms with Gasteiger partial charge in [-0.1, -0.05) is 23.7 Å². The lowest BCUT2D eigenvalue weighted by Gasteiger charge is -2.38.